The highest BCUT2D eigenvalue weighted by Gasteiger charge is 2.16. The SMILES string of the molecule is CCc1nnc(NC(=O)[C@@H](C)Nc2cccc(Cl)c2Cl)s1. The first-order valence-corrected chi connectivity index (χ1v) is 7.92. The summed E-state index contributed by atoms with van der Waals surface area (Å²) >= 11 is 13.4. The van der Waals surface area contributed by atoms with Crippen LogP contribution in [0.3, 0.4) is 0 Å². The van der Waals surface area contributed by atoms with E-state index in [1.165, 1.54) is 11.3 Å². The minimum Gasteiger partial charge on any atom is -0.373 e. The van der Waals surface area contributed by atoms with E-state index in [0.29, 0.717) is 20.9 Å². The standard InChI is InChI=1S/C13H14Cl2N4OS/c1-3-10-18-19-13(21-10)17-12(20)7(2)16-9-6-4-5-8(14)11(9)15/h4-7,16H,3H2,1-2H3,(H,17,19,20)/t7-/m1/s1. The minimum absolute atomic E-state index is 0.218. The molecule has 5 nitrogen and oxygen atoms in total. The zero-order chi connectivity index (χ0) is 15.4. The molecule has 1 heterocycles. The molecule has 0 spiro atoms. The molecule has 0 radical (unpaired) electrons. The Morgan fingerprint density at radius 1 is 1.38 bits per heavy atom. The lowest BCUT2D eigenvalue weighted by molar-refractivity contribution is -0.116. The van der Waals surface area contributed by atoms with Gasteiger partial charge in [-0.05, 0) is 25.5 Å². The van der Waals surface area contributed by atoms with E-state index in [4.69, 9.17) is 23.2 Å². The third-order valence-corrected chi connectivity index (χ3v) is 4.52. The van der Waals surface area contributed by atoms with Crippen molar-refractivity contribution in [2.45, 2.75) is 26.3 Å². The molecule has 2 N–H and O–H groups in total. The van der Waals surface area contributed by atoms with Gasteiger partial charge in [-0.2, -0.15) is 0 Å². The van der Waals surface area contributed by atoms with Crippen LogP contribution in [0.1, 0.15) is 18.9 Å². The molecule has 1 atom stereocenters. The molecule has 21 heavy (non-hydrogen) atoms. The number of benzene rings is 1. The van der Waals surface area contributed by atoms with E-state index >= 15 is 0 Å². The molecule has 8 heteroatoms. The van der Waals surface area contributed by atoms with Gasteiger partial charge in [0.15, 0.2) is 0 Å². The number of nitrogens with one attached hydrogen (secondary N) is 2. The summed E-state index contributed by atoms with van der Waals surface area (Å²) in [6, 6.07) is 4.72. The Bertz CT molecular complexity index is 647. The van der Waals surface area contributed by atoms with Crippen molar-refractivity contribution in [3.8, 4) is 0 Å². The molecular formula is C13H14Cl2N4OS. The van der Waals surface area contributed by atoms with E-state index < -0.39 is 6.04 Å². The van der Waals surface area contributed by atoms with Crippen molar-refractivity contribution in [2.24, 2.45) is 0 Å². The summed E-state index contributed by atoms with van der Waals surface area (Å²) in [4.78, 5) is 12.1. The third-order valence-electron chi connectivity index (χ3n) is 2.72. The van der Waals surface area contributed by atoms with Crippen LogP contribution in [0.25, 0.3) is 0 Å². The Kier molecular flexibility index (Phi) is 5.39. The van der Waals surface area contributed by atoms with Gasteiger partial charge in [-0.3, -0.25) is 10.1 Å². The highest BCUT2D eigenvalue weighted by atomic mass is 35.5. The molecule has 0 unspecified atom stereocenters. The summed E-state index contributed by atoms with van der Waals surface area (Å²) in [7, 11) is 0. The second-order valence-electron chi connectivity index (χ2n) is 4.31. The van der Waals surface area contributed by atoms with Crippen LogP contribution >= 0.6 is 34.5 Å². The Hall–Kier alpha value is -1.37. The maximum Gasteiger partial charge on any atom is 0.248 e. The molecule has 1 aromatic heterocycles. The van der Waals surface area contributed by atoms with Crippen molar-refractivity contribution in [1.29, 1.82) is 0 Å². The van der Waals surface area contributed by atoms with Gasteiger partial charge in [0.2, 0.25) is 11.0 Å². The van der Waals surface area contributed by atoms with E-state index in [-0.39, 0.29) is 5.91 Å². The lowest BCUT2D eigenvalue weighted by Crippen LogP contribution is -2.31. The maximum atomic E-state index is 12.1. The predicted octanol–water partition coefficient (Wildman–Crippen LogP) is 3.85. The molecule has 2 aromatic rings. The van der Waals surface area contributed by atoms with Gasteiger partial charge in [-0.25, -0.2) is 0 Å². The van der Waals surface area contributed by atoms with Gasteiger partial charge in [0.05, 0.1) is 15.7 Å². The monoisotopic (exact) mass is 344 g/mol. The topological polar surface area (TPSA) is 66.9 Å². The fraction of sp³-hybridized carbons (Fsp3) is 0.308. The summed E-state index contributed by atoms with van der Waals surface area (Å²) in [6.07, 6.45) is 0.791. The molecular weight excluding hydrogens is 331 g/mol. The van der Waals surface area contributed by atoms with Crippen molar-refractivity contribution >= 4 is 51.3 Å². The zero-order valence-electron chi connectivity index (χ0n) is 11.5. The molecule has 0 bridgehead atoms. The van der Waals surface area contributed by atoms with Crippen LogP contribution in [0.15, 0.2) is 18.2 Å². The maximum absolute atomic E-state index is 12.1. The van der Waals surface area contributed by atoms with Crippen LogP contribution in [0.5, 0.6) is 0 Å². The van der Waals surface area contributed by atoms with Gasteiger partial charge in [0, 0.05) is 0 Å². The molecule has 0 saturated carbocycles. The number of aromatic nitrogens is 2. The van der Waals surface area contributed by atoms with Gasteiger partial charge < -0.3 is 5.32 Å². The fourth-order valence-electron chi connectivity index (χ4n) is 1.57. The first kappa shape index (κ1) is 16.0. The summed E-state index contributed by atoms with van der Waals surface area (Å²) in [5, 5.41) is 15.8. The third kappa shape index (κ3) is 4.06. The van der Waals surface area contributed by atoms with Crippen molar-refractivity contribution in [3.05, 3.63) is 33.3 Å². The summed E-state index contributed by atoms with van der Waals surface area (Å²) in [5.41, 5.74) is 0.610. The van der Waals surface area contributed by atoms with Crippen molar-refractivity contribution in [3.63, 3.8) is 0 Å². The summed E-state index contributed by atoms with van der Waals surface area (Å²) in [6.45, 7) is 3.71. The number of hydrogen-bond donors (Lipinski definition) is 2. The number of anilines is 2. The van der Waals surface area contributed by atoms with Gasteiger partial charge in [0.1, 0.15) is 11.0 Å². The van der Waals surface area contributed by atoms with E-state index in [1.54, 1.807) is 25.1 Å². The molecule has 0 aliphatic carbocycles. The van der Waals surface area contributed by atoms with Crippen molar-refractivity contribution in [2.75, 3.05) is 10.6 Å². The van der Waals surface area contributed by atoms with Gasteiger partial charge in [-0.15, -0.1) is 10.2 Å². The number of aryl methyl sites for hydroxylation is 1. The summed E-state index contributed by atoms with van der Waals surface area (Å²) in [5.74, 6) is -0.218. The van der Waals surface area contributed by atoms with Crippen LogP contribution in [-0.2, 0) is 11.2 Å². The Morgan fingerprint density at radius 3 is 2.81 bits per heavy atom. The fourth-order valence-corrected chi connectivity index (χ4v) is 2.61. The Morgan fingerprint density at radius 2 is 2.14 bits per heavy atom. The average Bonchev–Trinajstić information content (AvgIpc) is 2.91. The normalized spacial score (nSPS) is 12.0. The second-order valence-corrected chi connectivity index (χ2v) is 6.16. The lowest BCUT2D eigenvalue weighted by Gasteiger charge is -2.15. The summed E-state index contributed by atoms with van der Waals surface area (Å²) < 4.78 is 0. The number of carbonyl (C=O) groups excluding carboxylic acids is 1. The van der Waals surface area contributed by atoms with E-state index in [0.717, 1.165) is 11.4 Å². The number of amides is 1. The van der Waals surface area contributed by atoms with Crippen LogP contribution in [0.2, 0.25) is 10.0 Å². The number of hydrogen-bond acceptors (Lipinski definition) is 5. The number of halogens is 2. The molecule has 0 aliphatic heterocycles. The molecule has 1 aromatic carbocycles. The first-order chi connectivity index (χ1) is 10.0. The highest BCUT2D eigenvalue weighted by molar-refractivity contribution is 7.15. The Labute approximate surface area is 136 Å². The van der Waals surface area contributed by atoms with Gasteiger partial charge in [0.25, 0.3) is 0 Å². The second kappa shape index (κ2) is 7.06. The van der Waals surface area contributed by atoms with Crippen molar-refractivity contribution < 1.29 is 4.79 Å². The van der Waals surface area contributed by atoms with Crippen molar-refractivity contribution in [1.82, 2.24) is 10.2 Å². The number of nitrogens with zero attached hydrogens (tertiary/aromatic N) is 2. The Balaban J connectivity index is 2.00. The van der Waals surface area contributed by atoms with E-state index in [2.05, 4.69) is 20.8 Å². The smallest absolute Gasteiger partial charge is 0.248 e. The molecule has 2 rings (SSSR count). The molecule has 0 aliphatic rings. The van der Waals surface area contributed by atoms with E-state index in [9.17, 15) is 4.79 Å². The molecule has 1 amide bonds. The van der Waals surface area contributed by atoms with Crippen LogP contribution in [0, 0.1) is 0 Å². The molecule has 0 fully saturated rings. The van der Waals surface area contributed by atoms with Crippen LogP contribution in [0.4, 0.5) is 10.8 Å². The van der Waals surface area contributed by atoms with E-state index in [1.807, 2.05) is 6.92 Å². The average molecular weight is 345 g/mol. The van der Waals surface area contributed by atoms with Gasteiger partial charge in [-0.1, -0.05) is 47.5 Å². The zero-order valence-corrected chi connectivity index (χ0v) is 13.8. The lowest BCUT2D eigenvalue weighted by atomic mass is 10.2. The molecule has 112 valence electrons. The largest absolute Gasteiger partial charge is 0.373 e. The highest BCUT2D eigenvalue weighted by Crippen LogP contribution is 2.30. The predicted molar refractivity (Wildman–Crippen MR) is 87.5 cm³/mol. The van der Waals surface area contributed by atoms with Crippen LogP contribution in [-0.4, -0.2) is 22.1 Å². The van der Waals surface area contributed by atoms with Crippen LogP contribution < -0.4 is 10.6 Å². The quantitative estimate of drug-likeness (QED) is 0.864. The number of carbonyl (C=O) groups is 1. The first-order valence-electron chi connectivity index (χ1n) is 6.35. The number of rotatable bonds is 5. The molecule has 0 saturated heterocycles. The minimum atomic E-state index is -0.491. The van der Waals surface area contributed by atoms with Gasteiger partial charge >= 0.3 is 0 Å².